The molecule has 3 aliphatic heterocycles. The summed E-state index contributed by atoms with van der Waals surface area (Å²) in [5.41, 5.74) is 0. The number of hydrogen-bond acceptors (Lipinski definition) is 29. The smallest absolute Gasteiger partial charge is 0.218 e. The van der Waals surface area contributed by atoms with Gasteiger partial charge in [0.2, 0.25) is 31.2 Å². The molecule has 0 radical (unpaired) electrons. The Morgan fingerprint density at radius 1 is 0.564 bits per heavy atom. The van der Waals surface area contributed by atoms with E-state index in [9.17, 15) is 105 Å². The minimum atomic E-state index is -5.08. The highest BCUT2D eigenvalue weighted by molar-refractivity contribution is 7.84. The van der Waals surface area contributed by atoms with Crippen molar-refractivity contribution in [1.29, 1.82) is 0 Å². The van der Waals surface area contributed by atoms with E-state index >= 15 is 0 Å². The van der Waals surface area contributed by atoms with Crippen LogP contribution in [0.3, 0.4) is 0 Å². The number of aliphatic carboxylic acids is 1. The maximum atomic E-state index is 10.4. The van der Waals surface area contributed by atoms with Crippen LogP contribution in [0.15, 0.2) is 0 Å². The van der Waals surface area contributed by atoms with E-state index in [1.165, 1.54) is 9.44 Å². The van der Waals surface area contributed by atoms with Gasteiger partial charge in [0.1, 0.15) is 61.0 Å². The number of ether oxygens (including phenoxy) is 3. The summed E-state index contributed by atoms with van der Waals surface area (Å²) in [6, 6.07) is -2.78. The molecule has 3 aliphatic rings. The maximum Gasteiger partial charge on any atom is 0.218 e. The second-order valence-electron chi connectivity index (χ2n) is 10.5. The fraction of sp³-hybridized carbons (Fsp3) is 0.947. The molecule has 0 aromatic heterocycles. The van der Waals surface area contributed by atoms with E-state index in [-0.39, 0.29) is 7.43 Å². The van der Waals surface area contributed by atoms with E-state index < -0.39 is 164 Å². The Balaban J connectivity index is 0.000000792. The lowest BCUT2D eigenvalue weighted by atomic mass is 9.99. The molecule has 3 saturated heterocycles. The van der Waals surface area contributed by atoms with Gasteiger partial charge < -0.3 is 77.5 Å². The van der Waals surface area contributed by atoms with Gasteiger partial charge in [-0.25, -0.2) is 51.5 Å². The van der Waals surface area contributed by atoms with Gasteiger partial charge in [-0.1, -0.05) is 7.43 Å². The summed E-state index contributed by atoms with van der Waals surface area (Å²) < 4.78 is 183. The summed E-state index contributed by atoms with van der Waals surface area (Å²) in [6.45, 7) is -3.38. The van der Waals surface area contributed by atoms with Crippen LogP contribution in [-0.4, -0.2) is 208 Å². The predicted molar refractivity (Wildman–Crippen MR) is 156 cm³/mol. The molecular weight excluding hydrogens is 881 g/mol. The highest BCUT2D eigenvalue weighted by atomic mass is 32.3. The third-order valence-electron chi connectivity index (χ3n) is 6.57. The quantitative estimate of drug-likeness (QED) is 0.0628. The number of carboxylic acid groups (broad SMARTS) is 1. The third-order valence-corrected chi connectivity index (χ3v) is 9.08. The van der Waals surface area contributed by atoms with E-state index in [1.54, 1.807) is 0 Å². The molecule has 8 N–H and O–H groups in total. The summed E-state index contributed by atoms with van der Waals surface area (Å²) in [7, 11) is -24.8. The molecule has 3 rings (SSSR count). The zero-order valence-electron chi connectivity index (χ0n) is 26.1. The monoisotopic (exact) mass is 914 g/mol. The molecule has 6 unspecified atom stereocenters. The molecule has 0 aliphatic carbocycles. The van der Waals surface area contributed by atoms with Gasteiger partial charge in [-0.2, -0.15) is 0 Å². The van der Waals surface area contributed by atoms with Crippen LogP contribution in [0.25, 0.3) is 0 Å². The van der Waals surface area contributed by atoms with Crippen LogP contribution in [0.4, 0.5) is 0 Å². The zero-order chi connectivity index (χ0) is 42.2. The molecule has 3 heterocycles. The van der Waals surface area contributed by atoms with Crippen molar-refractivity contribution in [3.05, 3.63) is 0 Å². The van der Waals surface area contributed by atoms with Gasteiger partial charge in [-0.05, 0) is 0 Å². The van der Waals surface area contributed by atoms with Crippen molar-refractivity contribution in [3.63, 3.8) is 0 Å². The van der Waals surface area contributed by atoms with Gasteiger partial charge in [0.15, 0.2) is 20.6 Å². The van der Waals surface area contributed by atoms with Crippen molar-refractivity contribution in [2.24, 2.45) is 0 Å². The highest BCUT2D eigenvalue weighted by Crippen LogP contribution is 2.20. The molecule has 0 bridgehead atoms. The lowest BCUT2D eigenvalue weighted by Gasteiger charge is -2.38. The summed E-state index contributed by atoms with van der Waals surface area (Å²) in [6.07, 6.45) is -16.9. The van der Waals surface area contributed by atoms with Crippen LogP contribution in [0.5, 0.6) is 0 Å². The zero-order valence-corrected chi connectivity index (χ0v) is 30.2. The van der Waals surface area contributed by atoms with E-state index in [1.807, 2.05) is 0 Å². The van der Waals surface area contributed by atoms with Crippen molar-refractivity contribution >= 4 is 57.8 Å². The number of carboxylic acids is 1. The van der Waals surface area contributed by atoms with Crippen molar-refractivity contribution in [3.8, 4) is 0 Å². The number of hydrogen-bond donors (Lipinski definition) is 8. The molecule has 0 spiro atoms. The first kappa shape index (κ1) is 53.5. The molecule has 3 fully saturated rings. The van der Waals surface area contributed by atoms with Crippen LogP contribution in [0, 0.1) is 0 Å². The summed E-state index contributed by atoms with van der Waals surface area (Å²) in [5, 5.41) is 66.9. The van der Waals surface area contributed by atoms with Gasteiger partial charge in [0.05, 0.1) is 51.1 Å². The van der Waals surface area contributed by atoms with Crippen molar-refractivity contribution in [2.75, 3.05) is 33.0 Å². The van der Waals surface area contributed by atoms with E-state index in [0.29, 0.717) is 0 Å². The molecule has 0 amide bonds. The van der Waals surface area contributed by atoms with Crippen LogP contribution >= 0.6 is 0 Å². The first-order valence-electron chi connectivity index (χ1n) is 13.7. The van der Waals surface area contributed by atoms with Crippen LogP contribution in [0.2, 0.25) is 0 Å². The third kappa shape index (κ3) is 20.6. The minimum absolute atomic E-state index is 0. The fourth-order valence-electron chi connectivity index (χ4n) is 4.18. The van der Waals surface area contributed by atoms with Gasteiger partial charge >= 0.3 is 0 Å². The Bertz CT molecular complexity index is 1680. The largest absolute Gasteiger partial charge is 0.735 e. The molecular formula is C19H34N2O29S5-6. The number of aliphatic hydroxyl groups is 6. The topological polar surface area (TPSA) is 527 Å². The predicted octanol–water partition coefficient (Wildman–Crippen LogP) is -11.7. The van der Waals surface area contributed by atoms with E-state index in [2.05, 4.69) is 17.3 Å². The Hall–Kier alpha value is -1.54. The second kappa shape index (κ2) is 21.5. The average molecular weight is 915 g/mol. The van der Waals surface area contributed by atoms with Crippen molar-refractivity contribution in [2.45, 2.75) is 80.5 Å². The van der Waals surface area contributed by atoms with Crippen molar-refractivity contribution < 1.29 is 132 Å². The standard InChI is InChI=1S/2C6H13NO10S2.C6H10O9S.CH4/c2*8-5-3(7-18(10,11)12)1-16-4(6(5)9)2-17-19(13,14)15;7-3-2(15-16(11,12)13)1-14-5(4(3)8)6(9)10;/h2*3-9H,1-2H2,(H,10,11,12)(H,13,14,15);2-5,7-8H,1H2,(H,9,10)(H,11,12,13);1H4/p-6/t2*3?,4?,5-,6+;2?,3-,4-,5?;/m000./s1. The molecule has 0 aromatic rings. The average Bonchev–Trinajstić information content (AvgIpc) is 2.97. The molecule has 31 nitrogen and oxygen atoms in total. The molecule has 12 atom stereocenters. The number of carbonyl (C=O) groups is 1. The Labute approximate surface area is 312 Å². The van der Waals surface area contributed by atoms with Gasteiger partial charge in [0, 0.05) is 0 Å². The summed E-state index contributed by atoms with van der Waals surface area (Å²) >= 11 is 0. The Morgan fingerprint density at radius 3 is 1.22 bits per heavy atom. The summed E-state index contributed by atoms with van der Waals surface area (Å²) in [4.78, 5) is 10.4. The van der Waals surface area contributed by atoms with Gasteiger partial charge in [0.25, 0.3) is 0 Å². The molecule has 36 heteroatoms. The molecule has 0 aromatic carbocycles. The second-order valence-corrected chi connectivity index (χ2v) is 15.9. The molecule has 55 heavy (non-hydrogen) atoms. The first-order valence-corrected chi connectivity index (χ1v) is 20.5. The van der Waals surface area contributed by atoms with E-state index in [4.69, 9.17) is 9.47 Å². The fourth-order valence-corrected chi connectivity index (χ4v) is 6.41. The number of rotatable bonds is 13. The van der Waals surface area contributed by atoms with E-state index in [0.717, 1.165) is 0 Å². The van der Waals surface area contributed by atoms with Crippen LogP contribution < -0.4 is 14.6 Å². The number of carbonyl (C=O) groups excluding carboxylic acids is 1. The van der Waals surface area contributed by atoms with Gasteiger partial charge in [-0.3, -0.25) is 12.5 Å². The molecule has 330 valence electrons. The minimum Gasteiger partial charge on any atom is -0.735 e. The number of aliphatic hydroxyl groups excluding tert-OH is 6. The lowest BCUT2D eigenvalue weighted by molar-refractivity contribution is -0.327. The van der Waals surface area contributed by atoms with Crippen LogP contribution in [-0.2, 0) is 83.4 Å². The summed E-state index contributed by atoms with van der Waals surface area (Å²) in [5.74, 6) is -1.77. The molecule has 0 saturated carbocycles. The SMILES string of the molecule is C.O=C([O-])C1OCC(OS(=O)(=O)[O-])[C@H](O)[C@@H]1O.O=S(=O)([O-])NC1COC(COS(=O)(=O)[O-])[C@@H](O)[C@H]1O.O=S(=O)([O-])NC1COC(COS(=O)(=O)[O-])[C@@H](O)[C@H]1O. The normalized spacial score (nSPS) is 33.4. The lowest BCUT2D eigenvalue weighted by Crippen LogP contribution is -2.60. The van der Waals surface area contributed by atoms with Crippen LogP contribution in [0.1, 0.15) is 7.43 Å². The first-order chi connectivity index (χ1) is 24.2. The maximum absolute atomic E-state index is 10.4. The Morgan fingerprint density at radius 2 is 0.927 bits per heavy atom. The van der Waals surface area contributed by atoms with Gasteiger partial charge in [-0.15, -0.1) is 0 Å². The Kier molecular flexibility index (Phi) is 20.9. The van der Waals surface area contributed by atoms with Crippen molar-refractivity contribution in [1.82, 2.24) is 9.44 Å². The highest BCUT2D eigenvalue weighted by Gasteiger charge is 2.42. The number of nitrogens with one attached hydrogen (secondary N) is 2.